The zero-order valence-corrected chi connectivity index (χ0v) is 67.5. The Labute approximate surface area is 668 Å². The number of carbonyl (C=O) groups excluding carboxylic acids is 1. The van der Waals surface area contributed by atoms with Gasteiger partial charge in [0.05, 0.1) is 108 Å². The second kappa shape index (κ2) is 37.0. The lowest BCUT2D eigenvalue weighted by Crippen LogP contribution is -2.53. The Morgan fingerprint density at radius 1 is 0.500 bits per heavy atom. The van der Waals surface area contributed by atoms with Crippen LogP contribution in [-0.4, -0.2) is 150 Å². The van der Waals surface area contributed by atoms with Crippen LogP contribution in [0.3, 0.4) is 0 Å². The van der Waals surface area contributed by atoms with Crippen LogP contribution in [-0.2, 0) is 27.4 Å². The van der Waals surface area contributed by atoms with E-state index in [4.69, 9.17) is 103 Å². The van der Waals surface area contributed by atoms with Crippen molar-refractivity contribution in [2.75, 3.05) is 70.1 Å². The van der Waals surface area contributed by atoms with E-state index in [2.05, 4.69) is 101 Å². The first-order valence-corrected chi connectivity index (χ1v) is 39.6. The molecule has 3 unspecified atom stereocenters. The molecule has 0 bridgehead atoms. The van der Waals surface area contributed by atoms with Gasteiger partial charge in [0.25, 0.3) is 11.1 Å². The van der Waals surface area contributed by atoms with Crippen LogP contribution in [0, 0.1) is 0 Å². The number of hydrogen-bond donors (Lipinski definition) is 6. The van der Waals surface area contributed by atoms with Crippen LogP contribution in [0.5, 0.6) is 34.5 Å². The second-order valence-corrected chi connectivity index (χ2v) is 31.0. The van der Waals surface area contributed by atoms with Crippen LogP contribution in [0.2, 0.25) is 30.1 Å². The van der Waals surface area contributed by atoms with E-state index in [9.17, 15) is 18.6 Å². The summed E-state index contributed by atoms with van der Waals surface area (Å²) >= 11 is 39.5. The van der Waals surface area contributed by atoms with Gasteiger partial charge in [-0.25, -0.2) is 24.9 Å². The minimum atomic E-state index is -2.27. The average molecular weight is 1640 g/mol. The monoisotopic (exact) mass is 1640 g/mol. The molecule has 3 aliphatic rings. The fourth-order valence-corrected chi connectivity index (χ4v) is 17.5. The Hall–Kier alpha value is -9.54. The van der Waals surface area contributed by atoms with Gasteiger partial charge < -0.3 is 60.3 Å². The number of pyridine rings is 1. The number of amides is 1. The number of hydrogen-bond acceptors (Lipinski definition) is 22. The maximum atomic E-state index is 13.7. The molecule has 1 amide bonds. The number of carbonyl (C=O) groups is 1. The van der Waals surface area contributed by atoms with Gasteiger partial charge in [-0.05, 0) is 103 Å². The lowest BCUT2D eigenvalue weighted by Gasteiger charge is -2.34. The third-order valence-electron chi connectivity index (χ3n) is 19.2. The number of aryl methyl sites for hydroxylation is 2. The van der Waals surface area contributed by atoms with Crippen LogP contribution in [0.25, 0.3) is 66.6 Å². The molecular weight excluding hydrogens is 1550 g/mol. The van der Waals surface area contributed by atoms with Crippen molar-refractivity contribution in [1.29, 1.82) is 0 Å². The molecule has 6 heterocycles. The SMILES string of the molecule is C=CC(=C)N[C@H]1CCCC[C@H]1Nc1ncc2cc(-c3c(Cl)c(OC)cc(OC)c3Cl)c(=O)n(CC)c2n1.C=CC(=C)N[C@H]1CCCC[C@H]1Nc1ncc2nc(-c3c(Cl)c(OC)cc(OC)c3Cl)c(=O)n(CC)c2n1.C=CC(=O)NC1CCS(=C)(=O)CC1Nc1ncc2cc(-c3c(Cl)c(OC)cc(OC)c3Cl)ccc2n1. The Morgan fingerprint density at radius 2 is 0.927 bits per heavy atom. The molecule has 6 N–H and O–H groups in total. The van der Waals surface area contributed by atoms with E-state index in [-0.39, 0.29) is 79.1 Å². The molecule has 1 saturated heterocycles. The van der Waals surface area contributed by atoms with Gasteiger partial charge in [-0.15, -0.1) is 0 Å². The average Bonchev–Trinajstić information content (AvgIpc) is 0.836. The highest BCUT2D eigenvalue weighted by atomic mass is 35.5. The molecule has 5 aromatic heterocycles. The predicted octanol–water partition coefficient (Wildman–Crippen LogP) is 15.2. The van der Waals surface area contributed by atoms with E-state index in [1.165, 1.54) is 53.3 Å². The molecule has 0 spiro atoms. The minimum absolute atomic E-state index is 0.0605. The van der Waals surface area contributed by atoms with Gasteiger partial charge in [0.2, 0.25) is 23.8 Å². The molecule has 4 aromatic carbocycles. The molecule has 2 aliphatic carbocycles. The predicted molar refractivity (Wildman–Crippen MR) is 445 cm³/mol. The van der Waals surface area contributed by atoms with Crippen molar-refractivity contribution in [3.8, 4) is 68.0 Å². The molecule has 9 aromatic rings. The summed E-state index contributed by atoms with van der Waals surface area (Å²) in [5.41, 5.74) is 5.19. The molecule has 3 fully saturated rings. The number of benzene rings is 4. The molecular formula is C78H87Cl6N15O10S. The first-order valence-electron chi connectivity index (χ1n) is 35.3. The van der Waals surface area contributed by atoms with Gasteiger partial charge in [0, 0.05) is 113 Å². The van der Waals surface area contributed by atoms with Crippen molar-refractivity contribution in [2.24, 2.45) is 0 Å². The summed E-state index contributed by atoms with van der Waals surface area (Å²) in [6.07, 6.45) is 18.5. The number of anilines is 3. The third-order valence-corrected chi connectivity index (χ3v) is 23.4. The smallest absolute Gasteiger partial charge is 0.278 e. The third kappa shape index (κ3) is 18.4. The number of aromatic nitrogens is 9. The van der Waals surface area contributed by atoms with Gasteiger partial charge >= 0.3 is 0 Å². The molecule has 0 radical (unpaired) electrons. The van der Waals surface area contributed by atoms with Gasteiger partial charge in [-0.3, -0.25) is 27.7 Å². The van der Waals surface area contributed by atoms with Gasteiger partial charge in [-0.2, -0.15) is 9.97 Å². The fourth-order valence-electron chi connectivity index (χ4n) is 13.5. The van der Waals surface area contributed by atoms with Crippen molar-refractivity contribution in [3.05, 3.63) is 174 Å². The normalized spacial score (nSPS) is 18.7. The number of nitrogens with zero attached hydrogens (tertiary/aromatic N) is 9. The lowest BCUT2D eigenvalue weighted by molar-refractivity contribution is -0.117. The van der Waals surface area contributed by atoms with Crippen LogP contribution >= 0.6 is 69.6 Å². The van der Waals surface area contributed by atoms with E-state index < -0.39 is 15.1 Å². The van der Waals surface area contributed by atoms with Crippen LogP contribution in [0.1, 0.15) is 71.6 Å². The lowest BCUT2D eigenvalue weighted by atomic mass is 9.90. The maximum Gasteiger partial charge on any atom is 0.278 e. The van der Waals surface area contributed by atoms with Crippen LogP contribution < -0.4 is 71.4 Å². The Balaban J connectivity index is 0.000000176. The summed E-state index contributed by atoms with van der Waals surface area (Å²) in [5, 5.41) is 22.8. The standard InChI is InChI=1S/C27H31Cl2N5O3.C26H30Cl2N6O3.C25H26Cl2N4O4S/c1-6-15(3)31-18-10-8-9-11-19(18)32-27-30-14-16-12-17(26(35)34(7-2)25(16)33-27)22-23(28)20(36-4)13-21(37-5)24(22)29;1-6-14(3)30-15-10-8-9-11-16(15)32-26-29-13-17-24(33-26)34(7-2)25(35)23(31-17)20-21(27)18(36-4)12-19(37-5)22(20)28;1-5-21(32)29-17-8-9-36(4,33)13-18(17)31-25-28-12-15-10-14(6-7-16(15)30-25)22-23(26)19(34-2)11-20(35-3)24(22)27/h6,12-14,18-19,31H,1,3,7-11H2,2,4-5H3,(H,30,32,33);6,12-13,15-16,30H,1,3,7-11H2,2,4-5H3,(H,29,32,33);5-7,10-12,17-18H,1,4,8-9,13H2,2-3H3,(H,29,32)(H,28,30,31)/t18-,19+;15-,16+;/m00./s1. The highest BCUT2D eigenvalue weighted by Crippen LogP contribution is 2.49. The van der Waals surface area contributed by atoms with E-state index in [1.54, 1.807) is 59.6 Å². The van der Waals surface area contributed by atoms with E-state index in [1.807, 2.05) is 32.0 Å². The summed E-state index contributed by atoms with van der Waals surface area (Å²) in [7, 11) is 6.70. The first kappa shape index (κ1) is 82.9. The van der Waals surface area contributed by atoms with E-state index in [0.717, 1.165) is 73.7 Å². The van der Waals surface area contributed by atoms with E-state index in [0.29, 0.717) is 138 Å². The van der Waals surface area contributed by atoms with Crippen molar-refractivity contribution >= 4 is 142 Å². The Morgan fingerprint density at radius 3 is 1.41 bits per heavy atom. The summed E-state index contributed by atoms with van der Waals surface area (Å²) in [5.74, 6) is 7.76. The van der Waals surface area contributed by atoms with Crippen molar-refractivity contribution in [1.82, 2.24) is 60.0 Å². The quantitative estimate of drug-likeness (QED) is 0.0176. The van der Waals surface area contributed by atoms with Gasteiger partial charge in [0.1, 0.15) is 51.4 Å². The highest BCUT2D eigenvalue weighted by molar-refractivity contribution is 8.00. The molecule has 12 rings (SSSR count). The second-order valence-electron chi connectivity index (χ2n) is 26.0. The zero-order valence-electron chi connectivity index (χ0n) is 62.2. The van der Waals surface area contributed by atoms with Gasteiger partial charge in [-0.1, -0.05) is 134 Å². The number of ether oxygens (including phenoxy) is 6. The number of allylic oxidation sites excluding steroid dienone is 2. The summed E-state index contributed by atoms with van der Waals surface area (Å²) in [6, 6.07) is 12.0. The van der Waals surface area contributed by atoms with Crippen molar-refractivity contribution in [3.63, 3.8) is 0 Å². The largest absolute Gasteiger partial charge is 0.495 e. The van der Waals surface area contributed by atoms with E-state index >= 15 is 0 Å². The number of fused-ring (bicyclic) bond motifs is 3. The topological polar surface area (TPSA) is 296 Å². The number of halogens is 6. The highest BCUT2D eigenvalue weighted by Gasteiger charge is 2.34. The fraction of sp³-hybridized carbons (Fsp3) is 0.346. The molecule has 582 valence electrons. The zero-order chi connectivity index (χ0) is 79.4. The first-order chi connectivity index (χ1) is 52.8. The molecule has 25 nitrogen and oxygen atoms in total. The molecule has 32 heteroatoms. The molecule has 110 heavy (non-hydrogen) atoms. The number of methoxy groups -OCH3 is 6. The maximum absolute atomic E-state index is 13.7. The van der Waals surface area contributed by atoms with Crippen LogP contribution in [0.4, 0.5) is 17.8 Å². The molecule has 2 saturated carbocycles. The Bertz CT molecular complexity index is 4980. The molecule has 1 aliphatic heterocycles. The number of rotatable bonds is 25. The minimum Gasteiger partial charge on any atom is -0.495 e. The van der Waals surface area contributed by atoms with Gasteiger partial charge in [0.15, 0.2) is 5.65 Å². The van der Waals surface area contributed by atoms with Crippen molar-refractivity contribution < 1.29 is 37.4 Å². The van der Waals surface area contributed by atoms with Crippen LogP contribution in [0.15, 0.2) is 133 Å². The number of nitrogens with one attached hydrogen (secondary N) is 6. The van der Waals surface area contributed by atoms with Crippen molar-refractivity contribution in [2.45, 2.75) is 121 Å². The summed E-state index contributed by atoms with van der Waals surface area (Å²) < 4.78 is 48.0. The summed E-state index contributed by atoms with van der Waals surface area (Å²) in [4.78, 5) is 71.3. The Kier molecular flexibility index (Phi) is 27.9. The summed E-state index contributed by atoms with van der Waals surface area (Å²) in [6.45, 7) is 23.5. The molecule has 7 atom stereocenters.